The first kappa shape index (κ1) is 15.1. The Kier molecular flexibility index (Phi) is 3.50. The highest BCUT2D eigenvalue weighted by Gasteiger charge is 2.18. The van der Waals surface area contributed by atoms with E-state index in [1.54, 1.807) is 35.6 Å². The van der Waals surface area contributed by atoms with Crippen LogP contribution in [-0.4, -0.2) is 18.6 Å². The third kappa shape index (κ3) is 2.85. The number of aryl methyl sites for hydroxylation is 1. The Labute approximate surface area is 142 Å². The zero-order valence-corrected chi connectivity index (χ0v) is 14.3. The fourth-order valence-corrected chi connectivity index (χ4v) is 4.48. The fourth-order valence-electron chi connectivity index (χ4n) is 2.54. The second kappa shape index (κ2) is 5.57. The summed E-state index contributed by atoms with van der Waals surface area (Å²) < 4.78 is 33.6. The van der Waals surface area contributed by atoms with E-state index in [-0.39, 0.29) is 5.75 Å². The van der Waals surface area contributed by atoms with Gasteiger partial charge in [0.15, 0.2) is 5.58 Å². The molecule has 0 aliphatic heterocycles. The summed E-state index contributed by atoms with van der Waals surface area (Å²) in [4.78, 5) is 4.38. The average Bonchev–Trinajstić information content (AvgIpc) is 3.09. The maximum atomic E-state index is 12.4. The molecule has 6 nitrogen and oxygen atoms in total. The molecule has 4 aromatic rings. The second-order valence-electron chi connectivity index (χ2n) is 5.40. The molecule has 0 bridgehead atoms. The third-order valence-corrected chi connectivity index (χ3v) is 5.70. The quantitative estimate of drug-likeness (QED) is 0.601. The lowest BCUT2D eigenvalue weighted by molar-refractivity contribution is 0.448. The maximum Gasteiger partial charge on any atom is 0.238 e. The number of sulfonamides is 1. The zero-order chi connectivity index (χ0) is 16.7. The van der Waals surface area contributed by atoms with Crippen molar-refractivity contribution in [1.29, 1.82) is 0 Å². The van der Waals surface area contributed by atoms with E-state index in [1.807, 2.05) is 25.1 Å². The first-order valence-electron chi connectivity index (χ1n) is 7.21. The molecule has 0 aliphatic carbocycles. The van der Waals surface area contributed by atoms with Gasteiger partial charge < -0.3 is 4.52 Å². The summed E-state index contributed by atoms with van der Waals surface area (Å²) in [7, 11) is -3.61. The zero-order valence-electron chi connectivity index (χ0n) is 12.7. The molecule has 0 fully saturated rings. The van der Waals surface area contributed by atoms with E-state index in [1.165, 1.54) is 0 Å². The lowest BCUT2D eigenvalue weighted by Gasteiger charge is -2.06. The van der Waals surface area contributed by atoms with Gasteiger partial charge in [0.2, 0.25) is 10.0 Å². The molecular formula is C16H13N3O3S2. The van der Waals surface area contributed by atoms with Crippen LogP contribution in [-0.2, 0) is 15.8 Å². The molecule has 0 saturated heterocycles. The van der Waals surface area contributed by atoms with E-state index < -0.39 is 10.0 Å². The summed E-state index contributed by atoms with van der Waals surface area (Å²) in [5, 5.41) is 5.52. The molecule has 4 rings (SSSR count). The van der Waals surface area contributed by atoms with Gasteiger partial charge in [-0.2, -0.15) is 0 Å². The van der Waals surface area contributed by atoms with Crippen molar-refractivity contribution in [3.63, 3.8) is 0 Å². The van der Waals surface area contributed by atoms with Crippen molar-refractivity contribution in [3.8, 4) is 0 Å². The van der Waals surface area contributed by atoms with Crippen LogP contribution in [0.4, 0.5) is 5.69 Å². The van der Waals surface area contributed by atoms with Crippen molar-refractivity contribution < 1.29 is 12.9 Å². The highest BCUT2D eigenvalue weighted by atomic mass is 32.2. The van der Waals surface area contributed by atoms with E-state index in [0.717, 1.165) is 15.2 Å². The van der Waals surface area contributed by atoms with Gasteiger partial charge in [0.05, 0.1) is 20.9 Å². The lowest BCUT2D eigenvalue weighted by Crippen LogP contribution is -2.15. The summed E-state index contributed by atoms with van der Waals surface area (Å²) in [5.41, 5.74) is 2.23. The van der Waals surface area contributed by atoms with Gasteiger partial charge in [-0.05, 0) is 37.3 Å². The average molecular weight is 359 g/mol. The molecule has 2 aromatic carbocycles. The number of rotatable bonds is 4. The van der Waals surface area contributed by atoms with Gasteiger partial charge in [-0.25, -0.2) is 13.4 Å². The van der Waals surface area contributed by atoms with E-state index in [0.29, 0.717) is 22.4 Å². The predicted octanol–water partition coefficient (Wildman–Crippen LogP) is 3.69. The minimum absolute atomic E-state index is 0.252. The Morgan fingerprint density at radius 1 is 1.21 bits per heavy atom. The van der Waals surface area contributed by atoms with Gasteiger partial charge in [-0.3, -0.25) is 4.72 Å². The van der Waals surface area contributed by atoms with Crippen molar-refractivity contribution >= 4 is 48.2 Å². The van der Waals surface area contributed by atoms with Crippen molar-refractivity contribution in [2.45, 2.75) is 12.7 Å². The number of aromatic nitrogens is 2. The van der Waals surface area contributed by atoms with Crippen LogP contribution in [0.5, 0.6) is 0 Å². The summed E-state index contributed by atoms with van der Waals surface area (Å²) in [5.74, 6) is -0.252. The van der Waals surface area contributed by atoms with Crippen LogP contribution in [0.1, 0.15) is 10.7 Å². The standard InChI is InChI=1S/C16H13N3O3S2/c1-10-17-13-8-11(6-7-16(13)23-10)19-24(20,21)9-14-12-4-2-3-5-15(12)22-18-14/h2-8,19H,9H2,1H3. The van der Waals surface area contributed by atoms with Crippen LogP contribution in [0.15, 0.2) is 47.0 Å². The maximum absolute atomic E-state index is 12.4. The Balaban J connectivity index is 1.62. The summed E-state index contributed by atoms with van der Waals surface area (Å²) >= 11 is 1.57. The van der Waals surface area contributed by atoms with Gasteiger partial charge in [0.1, 0.15) is 11.4 Å². The van der Waals surface area contributed by atoms with Gasteiger partial charge in [0, 0.05) is 5.39 Å². The Morgan fingerprint density at radius 2 is 2.04 bits per heavy atom. The molecule has 0 aliphatic rings. The van der Waals surface area contributed by atoms with E-state index in [9.17, 15) is 8.42 Å². The highest BCUT2D eigenvalue weighted by molar-refractivity contribution is 7.91. The highest BCUT2D eigenvalue weighted by Crippen LogP contribution is 2.26. The van der Waals surface area contributed by atoms with Crippen LogP contribution in [0, 0.1) is 6.92 Å². The predicted molar refractivity (Wildman–Crippen MR) is 94.6 cm³/mol. The summed E-state index contributed by atoms with van der Waals surface area (Å²) in [6, 6.07) is 12.5. The number of nitrogens with zero attached hydrogens (tertiary/aromatic N) is 2. The number of nitrogens with one attached hydrogen (secondary N) is 1. The fraction of sp³-hybridized carbons (Fsp3) is 0.125. The third-order valence-electron chi connectivity index (χ3n) is 3.55. The number of para-hydroxylation sites is 1. The van der Waals surface area contributed by atoms with Crippen molar-refractivity contribution in [2.75, 3.05) is 4.72 Å². The Bertz CT molecular complexity index is 1150. The van der Waals surface area contributed by atoms with Crippen LogP contribution in [0.3, 0.4) is 0 Å². The second-order valence-corrected chi connectivity index (χ2v) is 8.36. The van der Waals surface area contributed by atoms with Crippen LogP contribution < -0.4 is 4.72 Å². The van der Waals surface area contributed by atoms with Crippen molar-refractivity contribution in [3.05, 3.63) is 53.2 Å². The number of hydrogen-bond donors (Lipinski definition) is 1. The molecule has 8 heteroatoms. The molecule has 0 unspecified atom stereocenters. The topological polar surface area (TPSA) is 85.1 Å². The Hall–Kier alpha value is -2.45. The van der Waals surface area contributed by atoms with Crippen LogP contribution in [0.25, 0.3) is 21.2 Å². The van der Waals surface area contributed by atoms with E-state index in [2.05, 4.69) is 14.9 Å². The van der Waals surface area contributed by atoms with E-state index in [4.69, 9.17) is 4.52 Å². The molecule has 0 atom stereocenters. The first-order valence-corrected chi connectivity index (χ1v) is 9.68. The molecule has 122 valence electrons. The number of fused-ring (bicyclic) bond motifs is 2. The molecule has 0 radical (unpaired) electrons. The monoisotopic (exact) mass is 359 g/mol. The molecule has 24 heavy (non-hydrogen) atoms. The molecule has 0 amide bonds. The van der Waals surface area contributed by atoms with Gasteiger partial charge in [0.25, 0.3) is 0 Å². The lowest BCUT2D eigenvalue weighted by atomic mass is 10.2. The van der Waals surface area contributed by atoms with Crippen LogP contribution in [0.2, 0.25) is 0 Å². The molecule has 1 N–H and O–H groups in total. The largest absolute Gasteiger partial charge is 0.356 e. The first-order chi connectivity index (χ1) is 11.5. The van der Waals surface area contributed by atoms with Crippen molar-refractivity contribution in [1.82, 2.24) is 10.1 Å². The summed E-state index contributed by atoms with van der Waals surface area (Å²) in [6.45, 7) is 1.92. The van der Waals surface area contributed by atoms with Gasteiger partial charge >= 0.3 is 0 Å². The molecule has 0 spiro atoms. The molecule has 0 saturated carbocycles. The van der Waals surface area contributed by atoms with Gasteiger partial charge in [-0.15, -0.1) is 11.3 Å². The summed E-state index contributed by atoms with van der Waals surface area (Å²) in [6.07, 6.45) is 0. The number of benzene rings is 2. The molecular weight excluding hydrogens is 346 g/mol. The Morgan fingerprint density at radius 3 is 2.92 bits per heavy atom. The number of anilines is 1. The van der Waals surface area contributed by atoms with Crippen molar-refractivity contribution in [2.24, 2.45) is 0 Å². The SMILES string of the molecule is Cc1nc2cc(NS(=O)(=O)Cc3noc4ccccc34)ccc2s1. The smallest absolute Gasteiger partial charge is 0.238 e. The van der Waals surface area contributed by atoms with Gasteiger partial charge in [-0.1, -0.05) is 17.3 Å². The molecule has 2 aromatic heterocycles. The number of hydrogen-bond acceptors (Lipinski definition) is 6. The minimum Gasteiger partial charge on any atom is -0.356 e. The molecule has 2 heterocycles. The normalized spacial score (nSPS) is 12.0. The number of thiazole rings is 1. The van der Waals surface area contributed by atoms with E-state index >= 15 is 0 Å². The van der Waals surface area contributed by atoms with Crippen LogP contribution >= 0.6 is 11.3 Å². The minimum atomic E-state index is -3.61.